The molecule has 0 heterocycles. The van der Waals surface area contributed by atoms with Gasteiger partial charge in [0.2, 0.25) is 0 Å². The van der Waals surface area contributed by atoms with Crippen molar-refractivity contribution in [3.63, 3.8) is 0 Å². The number of rotatable bonds is 11. The van der Waals surface area contributed by atoms with Gasteiger partial charge in [-0.3, -0.25) is 0 Å². The maximum Gasteiger partial charge on any atom is 0.0729 e. The first-order chi connectivity index (χ1) is 20.1. The smallest absolute Gasteiger partial charge is 0.0729 e. The zero-order valence-electron chi connectivity index (χ0n) is 28.6. The summed E-state index contributed by atoms with van der Waals surface area (Å²) in [5.74, 6) is 0.354. The zero-order chi connectivity index (χ0) is 32.2. The van der Waals surface area contributed by atoms with Gasteiger partial charge in [0, 0.05) is 5.92 Å². The summed E-state index contributed by atoms with van der Waals surface area (Å²) in [6.45, 7) is 21.7. The number of hydrogen-bond acceptors (Lipinski definition) is 2. The molecule has 2 rings (SSSR count). The molecule has 2 aliphatic carbocycles. The molecule has 3 unspecified atom stereocenters. The number of allylic oxidation sites excluding steroid dienone is 20. The highest BCUT2D eigenvalue weighted by Crippen LogP contribution is 2.42. The Morgan fingerprint density at radius 1 is 0.791 bits per heavy atom. The second-order valence-electron chi connectivity index (χ2n) is 14.1. The molecule has 0 aromatic rings. The van der Waals surface area contributed by atoms with Gasteiger partial charge in [0.25, 0.3) is 0 Å². The van der Waals surface area contributed by atoms with Crippen molar-refractivity contribution in [2.45, 2.75) is 107 Å². The minimum Gasteiger partial charge on any atom is -0.393 e. The third-order valence-corrected chi connectivity index (χ3v) is 8.57. The van der Waals surface area contributed by atoms with Crippen molar-refractivity contribution in [3.05, 3.63) is 130 Å². The fourth-order valence-electron chi connectivity index (χ4n) is 6.30. The lowest BCUT2D eigenvalue weighted by atomic mass is 9.68. The Balaban J connectivity index is 1.85. The predicted molar refractivity (Wildman–Crippen MR) is 189 cm³/mol. The van der Waals surface area contributed by atoms with E-state index in [1.165, 1.54) is 39.0 Å². The molecular weight excluding hydrogens is 524 g/mol. The molecule has 3 atom stereocenters. The largest absolute Gasteiger partial charge is 0.393 e. The van der Waals surface area contributed by atoms with Gasteiger partial charge < -0.3 is 10.2 Å². The molecule has 0 aliphatic heterocycles. The van der Waals surface area contributed by atoms with Crippen molar-refractivity contribution >= 4 is 0 Å². The average molecular weight is 583 g/mol. The van der Waals surface area contributed by atoms with Gasteiger partial charge in [-0.05, 0) is 83.6 Å². The Kier molecular flexibility index (Phi) is 14.2. The molecular formula is C41H58O2. The lowest BCUT2D eigenvalue weighted by molar-refractivity contribution is 0.116. The quantitative estimate of drug-likeness (QED) is 0.188. The summed E-state index contributed by atoms with van der Waals surface area (Å²) in [4.78, 5) is 0. The molecule has 2 aliphatic rings. The molecule has 2 nitrogen and oxygen atoms in total. The highest BCUT2D eigenvalue weighted by Gasteiger charge is 2.34. The molecule has 2 N–H and O–H groups in total. The van der Waals surface area contributed by atoms with E-state index in [-0.39, 0.29) is 23.0 Å². The van der Waals surface area contributed by atoms with Crippen LogP contribution in [-0.2, 0) is 0 Å². The number of aliphatic hydroxyl groups is 2. The molecule has 0 aromatic heterocycles. The topological polar surface area (TPSA) is 40.5 Å². The van der Waals surface area contributed by atoms with Gasteiger partial charge in [0.15, 0.2) is 0 Å². The summed E-state index contributed by atoms with van der Waals surface area (Å²) in [7, 11) is 0. The van der Waals surface area contributed by atoms with Gasteiger partial charge >= 0.3 is 0 Å². The molecule has 0 spiro atoms. The van der Waals surface area contributed by atoms with E-state index in [0.717, 1.165) is 25.7 Å². The van der Waals surface area contributed by atoms with Gasteiger partial charge in [-0.25, -0.2) is 0 Å². The van der Waals surface area contributed by atoms with Crippen LogP contribution >= 0.6 is 0 Å². The molecule has 43 heavy (non-hydrogen) atoms. The van der Waals surface area contributed by atoms with Gasteiger partial charge in [0.1, 0.15) is 0 Å². The Labute approximate surface area is 263 Å². The van der Waals surface area contributed by atoms with Crippen LogP contribution in [0.2, 0.25) is 0 Å². The minimum absolute atomic E-state index is 0.00771. The molecule has 2 heteroatoms. The van der Waals surface area contributed by atoms with E-state index in [2.05, 4.69) is 154 Å². The Hall–Kier alpha value is -2.94. The van der Waals surface area contributed by atoms with Crippen molar-refractivity contribution in [2.75, 3.05) is 0 Å². The maximum absolute atomic E-state index is 10.1. The summed E-state index contributed by atoms with van der Waals surface area (Å²) in [5, 5.41) is 20.2. The normalized spacial score (nSPS) is 26.2. The van der Waals surface area contributed by atoms with Gasteiger partial charge in [-0.15, -0.1) is 0 Å². The SMILES string of the molecule is CC(C=CC=C(C)C=CC1=C(C)CC(O)CC1(C)C)=CC=CCC(C)=CC=CC(C)=CC=CC1C(C)=CC(O)CC1(C)C. The monoisotopic (exact) mass is 582 g/mol. The van der Waals surface area contributed by atoms with Gasteiger partial charge in [-0.1, -0.05) is 152 Å². The van der Waals surface area contributed by atoms with Crippen molar-refractivity contribution in [1.29, 1.82) is 0 Å². The van der Waals surface area contributed by atoms with Crippen molar-refractivity contribution < 1.29 is 10.2 Å². The highest BCUT2D eigenvalue weighted by atomic mass is 16.3. The Bertz CT molecular complexity index is 1290. The van der Waals surface area contributed by atoms with E-state index in [1.807, 2.05) is 6.08 Å². The van der Waals surface area contributed by atoms with Crippen LogP contribution in [0.5, 0.6) is 0 Å². The summed E-state index contributed by atoms with van der Waals surface area (Å²) in [6.07, 6.45) is 35.1. The average Bonchev–Trinajstić information content (AvgIpc) is 2.86. The lowest BCUT2D eigenvalue weighted by Crippen LogP contribution is -2.32. The summed E-state index contributed by atoms with van der Waals surface area (Å²) in [6, 6.07) is 0. The molecule has 0 aromatic carbocycles. The highest BCUT2D eigenvalue weighted by molar-refractivity contribution is 5.38. The predicted octanol–water partition coefficient (Wildman–Crippen LogP) is 10.8. The Morgan fingerprint density at radius 3 is 2.00 bits per heavy atom. The van der Waals surface area contributed by atoms with Gasteiger partial charge in [0.05, 0.1) is 12.2 Å². The van der Waals surface area contributed by atoms with E-state index in [4.69, 9.17) is 0 Å². The van der Waals surface area contributed by atoms with Crippen molar-refractivity contribution in [3.8, 4) is 0 Å². The number of aliphatic hydroxyl groups excluding tert-OH is 2. The molecule has 0 saturated heterocycles. The van der Waals surface area contributed by atoms with Crippen LogP contribution in [0.4, 0.5) is 0 Å². The summed E-state index contributed by atoms with van der Waals surface area (Å²) in [5.41, 5.74) is 8.90. The summed E-state index contributed by atoms with van der Waals surface area (Å²) >= 11 is 0. The minimum atomic E-state index is -0.327. The fourth-order valence-corrected chi connectivity index (χ4v) is 6.30. The first-order valence-electron chi connectivity index (χ1n) is 15.9. The first kappa shape index (κ1) is 36.3. The van der Waals surface area contributed by atoms with Crippen molar-refractivity contribution in [2.24, 2.45) is 16.7 Å². The van der Waals surface area contributed by atoms with E-state index < -0.39 is 0 Å². The third-order valence-electron chi connectivity index (χ3n) is 8.57. The number of hydrogen-bond donors (Lipinski definition) is 2. The second kappa shape index (κ2) is 16.8. The van der Waals surface area contributed by atoms with Crippen LogP contribution in [0, 0.1) is 16.7 Å². The molecule has 0 amide bonds. The third kappa shape index (κ3) is 12.7. The first-order valence-corrected chi connectivity index (χ1v) is 15.9. The van der Waals surface area contributed by atoms with Crippen LogP contribution in [-0.4, -0.2) is 22.4 Å². The van der Waals surface area contributed by atoms with Gasteiger partial charge in [-0.2, -0.15) is 0 Å². The van der Waals surface area contributed by atoms with Crippen LogP contribution in [0.25, 0.3) is 0 Å². The summed E-state index contributed by atoms with van der Waals surface area (Å²) < 4.78 is 0. The molecule has 234 valence electrons. The Morgan fingerprint density at radius 2 is 1.37 bits per heavy atom. The van der Waals surface area contributed by atoms with Crippen LogP contribution in [0.1, 0.15) is 94.9 Å². The molecule has 0 fully saturated rings. The van der Waals surface area contributed by atoms with Crippen LogP contribution in [0.15, 0.2) is 130 Å². The van der Waals surface area contributed by atoms with E-state index in [0.29, 0.717) is 5.92 Å². The van der Waals surface area contributed by atoms with E-state index in [9.17, 15) is 10.2 Å². The lowest BCUT2D eigenvalue weighted by Gasteiger charge is -2.38. The van der Waals surface area contributed by atoms with Crippen molar-refractivity contribution in [1.82, 2.24) is 0 Å². The van der Waals surface area contributed by atoms with Crippen LogP contribution < -0.4 is 0 Å². The van der Waals surface area contributed by atoms with Crippen LogP contribution in [0.3, 0.4) is 0 Å². The standard InChI is InChI=1S/C41H58O2/c1-30(18-13-20-32(3)22-15-23-38-34(5)26-36(42)28-40(38,7)8)16-11-12-17-31(2)19-14-21-33(4)24-25-39-35(6)27-37(43)29-41(39,9)10/h11-15,17-26,36-38,42-43H,16,27-29H2,1-10H3. The molecule has 0 saturated carbocycles. The zero-order valence-corrected chi connectivity index (χ0v) is 28.6. The van der Waals surface area contributed by atoms with E-state index >= 15 is 0 Å². The molecule has 0 radical (unpaired) electrons. The molecule has 0 bridgehead atoms. The fraction of sp³-hybridized carbons (Fsp3) is 0.463. The maximum atomic E-state index is 10.1. The van der Waals surface area contributed by atoms with E-state index in [1.54, 1.807) is 0 Å². The second-order valence-corrected chi connectivity index (χ2v) is 14.1.